The second-order valence-electron chi connectivity index (χ2n) is 2.76. The van der Waals surface area contributed by atoms with Crippen molar-refractivity contribution in [3.05, 3.63) is 33.9 Å². The van der Waals surface area contributed by atoms with E-state index in [9.17, 15) is 27.3 Å². The molecule has 0 atom stereocenters. The summed E-state index contributed by atoms with van der Waals surface area (Å²) in [6.45, 7) is 0. The Hall–Kier alpha value is -1.57. The summed E-state index contributed by atoms with van der Waals surface area (Å²) in [6.07, 6.45) is 0.674. The minimum Gasteiger partial charge on any atom is -0.258 e. The van der Waals surface area contributed by atoms with Gasteiger partial charge in [-0.3, -0.25) is 10.1 Å². The summed E-state index contributed by atoms with van der Waals surface area (Å²) in [4.78, 5) is 8.25. The number of halogens is 2. The van der Waals surface area contributed by atoms with Crippen molar-refractivity contribution in [3.8, 4) is 0 Å². The van der Waals surface area contributed by atoms with Crippen molar-refractivity contribution in [2.45, 2.75) is 4.90 Å². The molecule has 0 amide bonds. The van der Waals surface area contributed by atoms with Gasteiger partial charge in [0, 0.05) is 18.4 Å². The SMILES string of the molecule is CS(=O)(=O)c1cc([N+](=O)[O-])c(F)cc1F. The van der Waals surface area contributed by atoms with E-state index in [1.807, 2.05) is 0 Å². The summed E-state index contributed by atoms with van der Waals surface area (Å²) in [5, 5.41) is 10.3. The monoisotopic (exact) mass is 237 g/mol. The average molecular weight is 237 g/mol. The van der Waals surface area contributed by atoms with E-state index in [0.717, 1.165) is 0 Å². The van der Waals surface area contributed by atoms with Crippen molar-refractivity contribution in [2.75, 3.05) is 6.26 Å². The zero-order valence-corrected chi connectivity index (χ0v) is 8.22. The molecule has 0 bridgehead atoms. The van der Waals surface area contributed by atoms with Gasteiger partial charge in [-0.05, 0) is 0 Å². The van der Waals surface area contributed by atoms with Crippen LogP contribution in [0.1, 0.15) is 0 Å². The Morgan fingerprint density at radius 1 is 1.27 bits per heavy atom. The van der Waals surface area contributed by atoms with E-state index in [1.54, 1.807) is 0 Å². The van der Waals surface area contributed by atoms with Crippen LogP contribution in [-0.4, -0.2) is 19.6 Å². The third-order valence-corrected chi connectivity index (χ3v) is 2.71. The molecule has 0 saturated carbocycles. The molecule has 0 fully saturated rings. The number of benzene rings is 1. The molecule has 1 rings (SSSR count). The van der Waals surface area contributed by atoms with Crippen LogP contribution in [0.3, 0.4) is 0 Å². The molecule has 0 aromatic heterocycles. The highest BCUT2D eigenvalue weighted by atomic mass is 32.2. The van der Waals surface area contributed by atoms with E-state index < -0.39 is 37.0 Å². The molecule has 0 radical (unpaired) electrons. The molecule has 0 saturated heterocycles. The number of nitro groups is 1. The summed E-state index contributed by atoms with van der Waals surface area (Å²) in [7, 11) is -3.95. The van der Waals surface area contributed by atoms with Crippen molar-refractivity contribution >= 4 is 15.5 Å². The Bertz CT molecular complexity index is 526. The van der Waals surface area contributed by atoms with Crippen LogP contribution in [0.4, 0.5) is 14.5 Å². The molecule has 1 aromatic carbocycles. The van der Waals surface area contributed by atoms with Crippen LogP contribution in [0.15, 0.2) is 17.0 Å². The van der Waals surface area contributed by atoms with Crippen molar-refractivity contribution in [2.24, 2.45) is 0 Å². The molecule has 0 aliphatic heterocycles. The second-order valence-corrected chi connectivity index (χ2v) is 4.75. The Balaban J connectivity index is 3.58. The first-order valence-corrected chi connectivity index (χ1v) is 5.46. The zero-order valence-electron chi connectivity index (χ0n) is 7.40. The zero-order chi connectivity index (χ0) is 11.8. The lowest BCUT2D eigenvalue weighted by Crippen LogP contribution is -2.04. The summed E-state index contributed by atoms with van der Waals surface area (Å²) < 4.78 is 47.7. The molecule has 0 aliphatic rings. The number of rotatable bonds is 2. The van der Waals surface area contributed by atoms with Crippen molar-refractivity contribution in [1.82, 2.24) is 0 Å². The van der Waals surface area contributed by atoms with Gasteiger partial charge in [-0.2, -0.15) is 4.39 Å². The van der Waals surface area contributed by atoms with E-state index in [-0.39, 0.29) is 6.07 Å². The summed E-state index contributed by atoms with van der Waals surface area (Å²) in [5.41, 5.74) is -1.07. The van der Waals surface area contributed by atoms with Crippen LogP contribution in [0, 0.1) is 21.7 Å². The number of nitrogens with zero attached hydrogens (tertiary/aromatic N) is 1. The Kier molecular flexibility index (Phi) is 2.71. The van der Waals surface area contributed by atoms with E-state index in [4.69, 9.17) is 0 Å². The quantitative estimate of drug-likeness (QED) is 0.441. The maximum Gasteiger partial charge on any atom is 0.306 e. The maximum absolute atomic E-state index is 12.9. The molecule has 0 N–H and O–H groups in total. The normalized spacial score (nSPS) is 11.4. The third kappa shape index (κ3) is 2.27. The van der Waals surface area contributed by atoms with Gasteiger partial charge < -0.3 is 0 Å². The fourth-order valence-electron chi connectivity index (χ4n) is 0.942. The average Bonchev–Trinajstić information content (AvgIpc) is 2.00. The van der Waals surface area contributed by atoms with Crippen molar-refractivity contribution in [1.29, 1.82) is 0 Å². The smallest absolute Gasteiger partial charge is 0.258 e. The minimum atomic E-state index is -3.95. The molecule has 82 valence electrons. The number of nitro benzene ring substituents is 1. The highest BCUT2D eigenvalue weighted by Gasteiger charge is 2.23. The van der Waals surface area contributed by atoms with Gasteiger partial charge in [0.1, 0.15) is 10.7 Å². The van der Waals surface area contributed by atoms with E-state index >= 15 is 0 Å². The molecular formula is C7H5F2NO4S. The minimum absolute atomic E-state index is 0.175. The summed E-state index contributed by atoms with van der Waals surface area (Å²) in [6, 6.07) is 0.536. The van der Waals surface area contributed by atoms with E-state index in [2.05, 4.69) is 0 Å². The first kappa shape index (κ1) is 11.5. The fraction of sp³-hybridized carbons (Fsp3) is 0.143. The van der Waals surface area contributed by atoms with Gasteiger partial charge in [-0.1, -0.05) is 0 Å². The van der Waals surface area contributed by atoms with Gasteiger partial charge in [0.15, 0.2) is 9.84 Å². The molecule has 8 heteroatoms. The van der Waals surface area contributed by atoms with Crippen LogP contribution >= 0.6 is 0 Å². The third-order valence-electron chi connectivity index (χ3n) is 1.60. The van der Waals surface area contributed by atoms with Crippen LogP contribution in [-0.2, 0) is 9.84 Å². The highest BCUT2D eigenvalue weighted by molar-refractivity contribution is 7.90. The standard InChI is InChI=1S/C7H5F2NO4S/c1-15(13,14)7-3-6(10(11)12)4(8)2-5(7)9/h2-3H,1H3. The first-order chi connectivity index (χ1) is 6.73. The predicted octanol–water partition coefficient (Wildman–Crippen LogP) is 1.28. The number of hydrogen-bond donors (Lipinski definition) is 0. The van der Waals surface area contributed by atoms with Gasteiger partial charge in [0.2, 0.25) is 5.82 Å². The van der Waals surface area contributed by atoms with Crippen molar-refractivity contribution in [3.63, 3.8) is 0 Å². The Morgan fingerprint density at radius 3 is 2.20 bits per heavy atom. The number of sulfone groups is 1. The van der Waals surface area contributed by atoms with Crippen molar-refractivity contribution < 1.29 is 22.1 Å². The van der Waals surface area contributed by atoms with Crippen LogP contribution in [0.25, 0.3) is 0 Å². The molecule has 15 heavy (non-hydrogen) atoms. The summed E-state index contributed by atoms with van der Waals surface area (Å²) in [5.74, 6) is -2.76. The van der Waals surface area contributed by atoms with Crippen LogP contribution < -0.4 is 0 Å². The Labute approximate surface area is 83.4 Å². The highest BCUT2D eigenvalue weighted by Crippen LogP contribution is 2.24. The van der Waals surface area contributed by atoms with Gasteiger partial charge in [0.05, 0.1) is 4.92 Å². The van der Waals surface area contributed by atoms with E-state index in [0.29, 0.717) is 12.3 Å². The number of hydrogen-bond acceptors (Lipinski definition) is 4. The van der Waals surface area contributed by atoms with Gasteiger partial charge in [-0.15, -0.1) is 0 Å². The molecule has 0 heterocycles. The lowest BCUT2D eigenvalue weighted by Gasteiger charge is -2.00. The summed E-state index contributed by atoms with van der Waals surface area (Å²) >= 11 is 0. The molecule has 1 aromatic rings. The fourth-order valence-corrected chi connectivity index (χ4v) is 1.68. The lowest BCUT2D eigenvalue weighted by atomic mass is 10.3. The molecule has 0 spiro atoms. The lowest BCUT2D eigenvalue weighted by molar-refractivity contribution is -0.387. The Morgan fingerprint density at radius 2 is 1.80 bits per heavy atom. The molecule has 0 unspecified atom stereocenters. The second kappa shape index (κ2) is 3.54. The van der Waals surface area contributed by atoms with Gasteiger partial charge in [0.25, 0.3) is 0 Å². The predicted molar refractivity (Wildman–Crippen MR) is 46.1 cm³/mol. The maximum atomic E-state index is 12.9. The van der Waals surface area contributed by atoms with Crippen LogP contribution in [0.2, 0.25) is 0 Å². The molecular weight excluding hydrogens is 232 g/mol. The van der Waals surface area contributed by atoms with Gasteiger partial charge >= 0.3 is 5.69 Å². The molecule has 5 nitrogen and oxygen atoms in total. The topological polar surface area (TPSA) is 77.3 Å². The van der Waals surface area contributed by atoms with Gasteiger partial charge in [-0.25, -0.2) is 12.8 Å². The largest absolute Gasteiger partial charge is 0.306 e. The molecule has 0 aliphatic carbocycles. The van der Waals surface area contributed by atoms with E-state index in [1.165, 1.54) is 0 Å². The first-order valence-electron chi connectivity index (χ1n) is 3.57. The van der Waals surface area contributed by atoms with Crippen LogP contribution in [0.5, 0.6) is 0 Å².